The minimum atomic E-state index is -0.299. The molecule has 0 spiro atoms. The molecule has 0 aliphatic heterocycles. The molecule has 1 amide bonds. The molecule has 2 rings (SSSR count). The van der Waals surface area contributed by atoms with Crippen LogP contribution in [0, 0.1) is 0 Å². The van der Waals surface area contributed by atoms with Crippen molar-refractivity contribution in [3.63, 3.8) is 0 Å². The molecule has 5 nitrogen and oxygen atoms in total. The van der Waals surface area contributed by atoms with E-state index in [9.17, 15) is 9.59 Å². The molecule has 0 bridgehead atoms. The summed E-state index contributed by atoms with van der Waals surface area (Å²) in [5.41, 5.74) is 6.88. The van der Waals surface area contributed by atoms with Gasteiger partial charge >= 0.3 is 0 Å². The molecule has 0 unspecified atom stereocenters. The molecule has 0 aliphatic rings. The number of allylic oxidation sites excluding steroid dienone is 2. The number of nitrogens with one attached hydrogen (secondary N) is 2. The molecular weight excluding hydrogens is 292 g/mol. The number of amides is 1. The first-order valence-electron chi connectivity index (χ1n) is 7.08. The second-order valence-electron chi connectivity index (χ2n) is 4.87. The third-order valence-corrected chi connectivity index (χ3v) is 3.13. The van der Waals surface area contributed by atoms with E-state index in [1.54, 1.807) is 62.6 Å². The largest absolute Gasteiger partial charge is 0.497 e. The smallest absolute Gasteiger partial charge is 0.269 e. The van der Waals surface area contributed by atoms with Crippen LogP contribution in [-0.2, 0) is 0 Å². The van der Waals surface area contributed by atoms with Crippen molar-refractivity contribution in [2.24, 2.45) is 0 Å². The van der Waals surface area contributed by atoms with Crippen LogP contribution in [0.1, 0.15) is 27.6 Å². The van der Waals surface area contributed by atoms with E-state index in [1.165, 1.54) is 6.08 Å². The highest BCUT2D eigenvalue weighted by Gasteiger charge is 2.06. The molecule has 23 heavy (non-hydrogen) atoms. The average Bonchev–Trinajstić information content (AvgIpc) is 2.60. The molecule has 118 valence electrons. The number of carbonyl (C=O) groups is 2. The van der Waals surface area contributed by atoms with Crippen LogP contribution in [0.5, 0.6) is 5.75 Å². The Kier molecular flexibility index (Phi) is 5.52. The van der Waals surface area contributed by atoms with Crippen molar-refractivity contribution in [3.8, 4) is 5.75 Å². The fourth-order valence-electron chi connectivity index (χ4n) is 1.89. The minimum Gasteiger partial charge on any atom is -0.497 e. The summed E-state index contributed by atoms with van der Waals surface area (Å²) in [5, 5.41) is 0. The highest BCUT2D eigenvalue weighted by atomic mass is 16.5. The second-order valence-corrected chi connectivity index (χ2v) is 4.87. The molecule has 2 N–H and O–H groups in total. The zero-order chi connectivity index (χ0) is 16.7. The molecule has 0 radical (unpaired) electrons. The van der Waals surface area contributed by atoms with Crippen molar-refractivity contribution < 1.29 is 14.3 Å². The molecule has 0 aliphatic carbocycles. The zero-order valence-corrected chi connectivity index (χ0v) is 13.0. The number of methoxy groups -OCH3 is 1. The van der Waals surface area contributed by atoms with Gasteiger partial charge in [-0.2, -0.15) is 0 Å². The van der Waals surface area contributed by atoms with Crippen LogP contribution < -0.4 is 15.6 Å². The number of benzene rings is 2. The van der Waals surface area contributed by atoms with Gasteiger partial charge in [0, 0.05) is 22.9 Å². The number of hydrazine groups is 1. The van der Waals surface area contributed by atoms with Gasteiger partial charge in [-0.25, -0.2) is 0 Å². The molecule has 2 aromatic rings. The summed E-state index contributed by atoms with van der Waals surface area (Å²) in [6.07, 6.45) is 1.43. The van der Waals surface area contributed by atoms with Gasteiger partial charge in [-0.15, -0.1) is 0 Å². The topological polar surface area (TPSA) is 67.4 Å². The van der Waals surface area contributed by atoms with Crippen LogP contribution in [0.25, 0.3) is 0 Å². The van der Waals surface area contributed by atoms with Crippen molar-refractivity contribution >= 4 is 11.7 Å². The van der Waals surface area contributed by atoms with Gasteiger partial charge in [-0.3, -0.25) is 15.0 Å². The van der Waals surface area contributed by atoms with E-state index < -0.39 is 0 Å². The van der Waals surface area contributed by atoms with E-state index in [0.29, 0.717) is 22.6 Å². The van der Waals surface area contributed by atoms with Gasteiger partial charge in [-0.1, -0.05) is 30.3 Å². The van der Waals surface area contributed by atoms with Crippen LogP contribution >= 0.6 is 0 Å². The molecule has 0 aromatic heterocycles. The monoisotopic (exact) mass is 310 g/mol. The molecule has 5 heteroatoms. The van der Waals surface area contributed by atoms with Gasteiger partial charge in [0.05, 0.1) is 7.11 Å². The predicted molar refractivity (Wildman–Crippen MR) is 88.1 cm³/mol. The van der Waals surface area contributed by atoms with E-state index in [4.69, 9.17) is 4.74 Å². The highest BCUT2D eigenvalue weighted by molar-refractivity contribution is 6.04. The van der Waals surface area contributed by atoms with Gasteiger partial charge in [0.2, 0.25) is 0 Å². The van der Waals surface area contributed by atoms with Gasteiger partial charge < -0.3 is 10.2 Å². The Morgan fingerprint density at radius 1 is 0.913 bits per heavy atom. The van der Waals surface area contributed by atoms with E-state index in [-0.39, 0.29) is 11.7 Å². The van der Waals surface area contributed by atoms with E-state index in [1.807, 2.05) is 6.07 Å². The predicted octanol–water partition coefficient (Wildman–Crippen LogP) is 2.72. The highest BCUT2D eigenvalue weighted by Crippen LogP contribution is 2.10. The first-order chi connectivity index (χ1) is 11.1. The van der Waals surface area contributed by atoms with Crippen LogP contribution in [0.2, 0.25) is 0 Å². The lowest BCUT2D eigenvalue weighted by molar-refractivity contribution is 0.0936. The standard InChI is InChI=1S/C18H18N2O3/c1-13(12-17(21)14-6-4-3-5-7-14)19-20-18(22)15-8-10-16(23-2)11-9-15/h3-12,19H,1-2H3,(H,20,22)/b13-12-. The Hall–Kier alpha value is -3.08. The first-order valence-corrected chi connectivity index (χ1v) is 7.08. The van der Waals surface area contributed by atoms with Crippen molar-refractivity contribution in [3.05, 3.63) is 77.5 Å². The molecule has 0 saturated carbocycles. The van der Waals surface area contributed by atoms with Gasteiger partial charge in [0.15, 0.2) is 5.78 Å². The number of carbonyl (C=O) groups excluding carboxylic acids is 2. The zero-order valence-electron chi connectivity index (χ0n) is 13.0. The van der Waals surface area contributed by atoms with Crippen LogP contribution in [0.3, 0.4) is 0 Å². The molecule has 0 fully saturated rings. The molecular formula is C18H18N2O3. The average molecular weight is 310 g/mol. The first kappa shape index (κ1) is 16.3. The lowest BCUT2D eigenvalue weighted by atomic mass is 10.1. The van der Waals surface area contributed by atoms with Crippen LogP contribution in [-0.4, -0.2) is 18.8 Å². The van der Waals surface area contributed by atoms with Crippen molar-refractivity contribution in [2.45, 2.75) is 6.92 Å². The van der Waals surface area contributed by atoms with E-state index in [2.05, 4.69) is 10.9 Å². The Morgan fingerprint density at radius 3 is 2.17 bits per heavy atom. The quantitative estimate of drug-likeness (QED) is 0.489. The molecule has 2 aromatic carbocycles. The summed E-state index contributed by atoms with van der Waals surface area (Å²) >= 11 is 0. The second kappa shape index (κ2) is 7.79. The number of hydrogen-bond acceptors (Lipinski definition) is 4. The van der Waals surface area contributed by atoms with Crippen molar-refractivity contribution in [1.82, 2.24) is 10.9 Å². The summed E-state index contributed by atoms with van der Waals surface area (Å²) in [4.78, 5) is 24.0. The van der Waals surface area contributed by atoms with E-state index in [0.717, 1.165) is 0 Å². The van der Waals surface area contributed by atoms with Crippen LogP contribution in [0.4, 0.5) is 0 Å². The van der Waals surface area contributed by atoms with Crippen molar-refractivity contribution in [2.75, 3.05) is 7.11 Å². The Morgan fingerprint density at radius 2 is 1.57 bits per heavy atom. The lowest BCUT2D eigenvalue weighted by Gasteiger charge is -2.09. The summed E-state index contributed by atoms with van der Waals surface area (Å²) in [7, 11) is 1.56. The van der Waals surface area contributed by atoms with Gasteiger partial charge in [-0.05, 0) is 31.2 Å². The fourth-order valence-corrected chi connectivity index (χ4v) is 1.89. The minimum absolute atomic E-state index is 0.130. The SMILES string of the molecule is COc1ccc(C(=O)NN/C(C)=C\C(=O)c2ccccc2)cc1. The summed E-state index contributed by atoms with van der Waals surface area (Å²) < 4.78 is 5.04. The normalized spacial score (nSPS) is 10.8. The number of ether oxygens (including phenoxy) is 1. The Bertz CT molecular complexity index is 707. The summed E-state index contributed by atoms with van der Waals surface area (Å²) in [5.74, 6) is 0.251. The maximum atomic E-state index is 12.0. The summed E-state index contributed by atoms with van der Waals surface area (Å²) in [6.45, 7) is 1.70. The molecule has 0 saturated heterocycles. The summed E-state index contributed by atoms with van der Waals surface area (Å²) in [6, 6.07) is 15.6. The maximum Gasteiger partial charge on any atom is 0.269 e. The third-order valence-electron chi connectivity index (χ3n) is 3.13. The number of rotatable bonds is 6. The fraction of sp³-hybridized carbons (Fsp3) is 0.111. The molecule has 0 heterocycles. The number of hydrogen-bond donors (Lipinski definition) is 2. The molecule has 0 atom stereocenters. The third kappa shape index (κ3) is 4.71. The Balaban J connectivity index is 1.92. The van der Waals surface area contributed by atoms with E-state index >= 15 is 0 Å². The maximum absolute atomic E-state index is 12.0. The number of ketones is 1. The van der Waals surface area contributed by atoms with Crippen LogP contribution in [0.15, 0.2) is 66.4 Å². The van der Waals surface area contributed by atoms with Gasteiger partial charge in [0.25, 0.3) is 5.91 Å². The Labute approximate surface area is 134 Å². The van der Waals surface area contributed by atoms with Crippen molar-refractivity contribution in [1.29, 1.82) is 0 Å². The van der Waals surface area contributed by atoms with Gasteiger partial charge in [0.1, 0.15) is 5.75 Å². The lowest BCUT2D eigenvalue weighted by Crippen LogP contribution is -2.36.